The Morgan fingerprint density at radius 2 is 1.74 bits per heavy atom. The molecule has 2 amide bonds. The van der Waals surface area contributed by atoms with E-state index < -0.39 is 30.1 Å². The minimum absolute atomic E-state index is 0.0336. The number of aliphatic carboxylic acids is 1. The number of hydrogen-bond donors (Lipinski definition) is 3. The number of urea groups is 1. The van der Waals surface area contributed by atoms with Crippen molar-refractivity contribution in [3.63, 3.8) is 0 Å². The zero-order valence-corrected chi connectivity index (χ0v) is 11.7. The van der Waals surface area contributed by atoms with Crippen molar-refractivity contribution in [2.24, 2.45) is 5.92 Å². The fourth-order valence-electron chi connectivity index (χ4n) is 1.50. The normalized spacial score (nSPS) is 13.5. The summed E-state index contributed by atoms with van der Waals surface area (Å²) in [7, 11) is 1.26. The van der Waals surface area contributed by atoms with Gasteiger partial charge in [0.2, 0.25) is 0 Å². The maximum atomic E-state index is 11.6. The van der Waals surface area contributed by atoms with Crippen LogP contribution < -0.4 is 10.6 Å². The molecule has 0 radical (unpaired) electrons. The van der Waals surface area contributed by atoms with Gasteiger partial charge < -0.3 is 20.5 Å². The van der Waals surface area contributed by atoms with Gasteiger partial charge in [0.1, 0.15) is 6.04 Å². The number of carbonyl (C=O) groups excluding carboxylic acids is 2. The second kappa shape index (κ2) is 8.34. The first kappa shape index (κ1) is 17.2. The number of esters is 1. The maximum Gasteiger partial charge on any atom is 0.326 e. The van der Waals surface area contributed by atoms with Crippen LogP contribution in [-0.4, -0.2) is 42.3 Å². The molecule has 7 nitrogen and oxygen atoms in total. The summed E-state index contributed by atoms with van der Waals surface area (Å²) in [6.45, 7) is 5.37. The summed E-state index contributed by atoms with van der Waals surface area (Å²) in [5.74, 6) is -1.37. The summed E-state index contributed by atoms with van der Waals surface area (Å²) in [5, 5.41) is 13.8. The third-order valence-electron chi connectivity index (χ3n) is 2.39. The highest BCUT2D eigenvalue weighted by molar-refractivity contribution is 5.83. The van der Waals surface area contributed by atoms with Crippen LogP contribution in [0.5, 0.6) is 0 Å². The average molecular weight is 274 g/mol. The third kappa shape index (κ3) is 8.01. The molecule has 0 aliphatic carbocycles. The zero-order valence-electron chi connectivity index (χ0n) is 11.7. The predicted molar refractivity (Wildman–Crippen MR) is 68.6 cm³/mol. The summed E-state index contributed by atoms with van der Waals surface area (Å²) in [6, 6.07) is -1.98. The molecule has 0 saturated carbocycles. The Hall–Kier alpha value is -1.79. The Morgan fingerprint density at radius 3 is 2.16 bits per heavy atom. The molecule has 2 atom stereocenters. The lowest BCUT2D eigenvalue weighted by Crippen LogP contribution is -2.49. The van der Waals surface area contributed by atoms with Crippen molar-refractivity contribution in [2.45, 2.75) is 45.7 Å². The van der Waals surface area contributed by atoms with Gasteiger partial charge >= 0.3 is 18.0 Å². The third-order valence-corrected chi connectivity index (χ3v) is 2.39. The molecule has 3 N–H and O–H groups in total. The molecule has 0 bridgehead atoms. The Balaban J connectivity index is 4.26. The number of nitrogens with one attached hydrogen (secondary N) is 2. The van der Waals surface area contributed by atoms with Crippen molar-refractivity contribution in [3.05, 3.63) is 0 Å². The lowest BCUT2D eigenvalue weighted by Gasteiger charge is -2.19. The fraction of sp³-hybridized carbons (Fsp3) is 0.750. The summed E-state index contributed by atoms with van der Waals surface area (Å²) in [4.78, 5) is 33.5. The van der Waals surface area contributed by atoms with Crippen LogP contribution in [-0.2, 0) is 14.3 Å². The molecule has 0 fully saturated rings. The second-order valence-corrected chi connectivity index (χ2v) is 4.82. The van der Waals surface area contributed by atoms with Crippen LogP contribution in [0, 0.1) is 5.92 Å². The summed E-state index contributed by atoms with van der Waals surface area (Å²) in [6.07, 6.45) is 0.375. The molecule has 0 saturated heterocycles. The lowest BCUT2D eigenvalue weighted by atomic mass is 10.0. The highest BCUT2D eigenvalue weighted by atomic mass is 16.5. The number of carboxylic acids is 1. The summed E-state index contributed by atoms with van der Waals surface area (Å²) < 4.78 is 4.47. The predicted octanol–water partition coefficient (Wildman–Crippen LogP) is 0.737. The van der Waals surface area contributed by atoms with E-state index in [9.17, 15) is 14.4 Å². The maximum absolute atomic E-state index is 11.6. The zero-order chi connectivity index (χ0) is 15.0. The van der Waals surface area contributed by atoms with Gasteiger partial charge in [-0.2, -0.15) is 0 Å². The van der Waals surface area contributed by atoms with Crippen LogP contribution in [0.1, 0.15) is 33.6 Å². The first-order chi connectivity index (χ1) is 8.76. The van der Waals surface area contributed by atoms with Gasteiger partial charge in [0.05, 0.1) is 13.5 Å². The Labute approximate surface area is 112 Å². The van der Waals surface area contributed by atoms with Crippen LogP contribution >= 0.6 is 0 Å². The number of hydrogen-bond acceptors (Lipinski definition) is 4. The molecule has 7 heteroatoms. The van der Waals surface area contributed by atoms with E-state index in [0.717, 1.165) is 0 Å². The van der Waals surface area contributed by atoms with Gasteiger partial charge in [-0.05, 0) is 19.3 Å². The van der Waals surface area contributed by atoms with Crippen LogP contribution in [0.4, 0.5) is 4.79 Å². The van der Waals surface area contributed by atoms with Gasteiger partial charge in [0.15, 0.2) is 0 Å². The monoisotopic (exact) mass is 274 g/mol. The van der Waals surface area contributed by atoms with E-state index in [1.807, 2.05) is 13.8 Å². The molecule has 0 spiro atoms. The van der Waals surface area contributed by atoms with Crippen molar-refractivity contribution in [1.29, 1.82) is 0 Å². The van der Waals surface area contributed by atoms with E-state index in [1.54, 1.807) is 6.92 Å². The molecule has 0 heterocycles. The van der Waals surface area contributed by atoms with Crippen LogP contribution in [0.3, 0.4) is 0 Å². The second-order valence-electron chi connectivity index (χ2n) is 4.82. The Bertz CT molecular complexity index is 330. The quantitative estimate of drug-likeness (QED) is 0.594. The summed E-state index contributed by atoms with van der Waals surface area (Å²) >= 11 is 0. The number of ether oxygens (including phenoxy) is 1. The topological polar surface area (TPSA) is 105 Å². The highest BCUT2D eigenvalue weighted by Gasteiger charge is 2.22. The van der Waals surface area contributed by atoms with E-state index in [2.05, 4.69) is 15.4 Å². The molecule has 0 aromatic rings. The lowest BCUT2D eigenvalue weighted by molar-refractivity contribution is -0.141. The van der Waals surface area contributed by atoms with Gasteiger partial charge in [-0.3, -0.25) is 4.79 Å². The Morgan fingerprint density at radius 1 is 1.16 bits per heavy atom. The Kier molecular flexibility index (Phi) is 7.55. The van der Waals surface area contributed by atoms with Crippen molar-refractivity contribution >= 4 is 18.0 Å². The first-order valence-corrected chi connectivity index (χ1v) is 6.12. The molecule has 19 heavy (non-hydrogen) atoms. The molecule has 0 rings (SSSR count). The van der Waals surface area contributed by atoms with E-state index in [0.29, 0.717) is 6.42 Å². The van der Waals surface area contributed by atoms with Crippen LogP contribution in [0.25, 0.3) is 0 Å². The highest BCUT2D eigenvalue weighted by Crippen LogP contribution is 2.05. The van der Waals surface area contributed by atoms with Gasteiger partial charge in [0, 0.05) is 6.04 Å². The van der Waals surface area contributed by atoms with Crippen LogP contribution in [0.2, 0.25) is 0 Å². The molecular formula is C12H22N2O5. The number of carbonyl (C=O) groups is 3. The minimum atomic E-state index is -1.08. The SMILES string of the molecule is COC(=O)CC(C)NC(=O)N[C@@H](CC(C)C)C(=O)O. The van der Waals surface area contributed by atoms with Crippen molar-refractivity contribution < 1.29 is 24.2 Å². The molecule has 1 unspecified atom stereocenters. The molecule has 0 aliphatic rings. The van der Waals surface area contributed by atoms with E-state index in [-0.39, 0.29) is 12.3 Å². The van der Waals surface area contributed by atoms with Crippen molar-refractivity contribution in [2.75, 3.05) is 7.11 Å². The molecule has 110 valence electrons. The van der Waals surface area contributed by atoms with Crippen molar-refractivity contribution in [1.82, 2.24) is 10.6 Å². The standard InChI is InChI=1S/C12H22N2O5/c1-7(2)5-9(11(16)17)14-12(18)13-8(3)6-10(15)19-4/h7-9H,5-6H2,1-4H3,(H,16,17)(H2,13,14,18)/t8?,9-/m0/s1. The minimum Gasteiger partial charge on any atom is -0.480 e. The van der Waals surface area contributed by atoms with E-state index in [4.69, 9.17) is 5.11 Å². The number of methoxy groups -OCH3 is 1. The van der Waals surface area contributed by atoms with Gasteiger partial charge in [-0.1, -0.05) is 13.8 Å². The molecule has 0 aromatic carbocycles. The van der Waals surface area contributed by atoms with Gasteiger partial charge in [0.25, 0.3) is 0 Å². The molecule has 0 aromatic heterocycles. The molecule has 0 aliphatic heterocycles. The number of amides is 2. The van der Waals surface area contributed by atoms with Crippen molar-refractivity contribution in [3.8, 4) is 0 Å². The number of rotatable bonds is 7. The van der Waals surface area contributed by atoms with E-state index >= 15 is 0 Å². The number of carboxylic acid groups (broad SMARTS) is 1. The molecular weight excluding hydrogens is 252 g/mol. The first-order valence-electron chi connectivity index (χ1n) is 6.12. The van der Waals surface area contributed by atoms with Crippen LogP contribution in [0.15, 0.2) is 0 Å². The summed E-state index contributed by atoms with van der Waals surface area (Å²) in [5.41, 5.74) is 0. The smallest absolute Gasteiger partial charge is 0.326 e. The van der Waals surface area contributed by atoms with Gasteiger partial charge in [-0.15, -0.1) is 0 Å². The van der Waals surface area contributed by atoms with Gasteiger partial charge in [-0.25, -0.2) is 9.59 Å². The van der Waals surface area contributed by atoms with E-state index in [1.165, 1.54) is 7.11 Å². The largest absolute Gasteiger partial charge is 0.480 e. The average Bonchev–Trinajstić information content (AvgIpc) is 2.26. The fourth-order valence-corrected chi connectivity index (χ4v) is 1.50.